The summed E-state index contributed by atoms with van der Waals surface area (Å²) in [5, 5.41) is 3.15. The second-order valence-electron chi connectivity index (χ2n) is 9.25. The van der Waals surface area contributed by atoms with Gasteiger partial charge in [-0.15, -0.1) is 0 Å². The summed E-state index contributed by atoms with van der Waals surface area (Å²) in [6.45, 7) is 14.4. The minimum Gasteiger partial charge on any atom is -0.378 e. The summed E-state index contributed by atoms with van der Waals surface area (Å²) in [5.41, 5.74) is 8.57. The Morgan fingerprint density at radius 3 is 2.30 bits per heavy atom. The molecule has 1 aromatic heterocycles. The lowest BCUT2D eigenvalue weighted by atomic mass is 10.0. The van der Waals surface area contributed by atoms with Crippen LogP contribution in [-0.4, -0.2) is 36.8 Å². The van der Waals surface area contributed by atoms with E-state index in [4.69, 9.17) is 4.74 Å². The average Bonchev–Trinajstić information content (AvgIpc) is 3.05. The number of morpholine rings is 1. The molecule has 1 saturated heterocycles. The van der Waals surface area contributed by atoms with Gasteiger partial charge in [-0.05, 0) is 55.5 Å². The Bertz CT molecular complexity index is 1120. The lowest BCUT2D eigenvalue weighted by Crippen LogP contribution is -2.36. The molecule has 1 fully saturated rings. The molecular weight excluding hydrogens is 410 g/mol. The quantitative estimate of drug-likeness (QED) is 0.531. The number of amides is 1. The molecule has 0 radical (unpaired) electrons. The highest BCUT2D eigenvalue weighted by molar-refractivity contribution is 6.05. The Labute approximate surface area is 197 Å². The lowest BCUT2D eigenvalue weighted by molar-refractivity contribution is 0.101. The van der Waals surface area contributed by atoms with Crippen LogP contribution >= 0.6 is 0 Å². The fourth-order valence-corrected chi connectivity index (χ4v) is 4.72. The van der Waals surface area contributed by atoms with Crippen LogP contribution in [0.15, 0.2) is 48.5 Å². The highest BCUT2D eigenvalue weighted by atomic mass is 16.5. The zero-order chi connectivity index (χ0) is 23.5. The van der Waals surface area contributed by atoms with Gasteiger partial charge >= 0.3 is 0 Å². The summed E-state index contributed by atoms with van der Waals surface area (Å²) < 4.78 is 7.76. The number of hydrogen-bond acceptors (Lipinski definition) is 3. The van der Waals surface area contributed by atoms with Crippen molar-refractivity contribution < 1.29 is 9.53 Å². The fourth-order valence-electron chi connectivity index (χ4n) is 4.72. The molecule has 2 heterocycles. The zero-order valence-corrected chi connectivity index (χ0v) is 20.4. The third-order valence-electron chi connectivity index (χ3n) is 6.70. The number of ether oxygens (including phenoxy) is 1. The minimum absolute atomic E-state index is 0.0685. The number of nitrogens with one attached hydrogen (secondary N) is 1. The smallest absolute Gasteiger partial charge is 0.272 e. The van der Waals surface area contributed by atoms with Crippen LogP contribution < -0.4 is 10.2 Å². The molecule has 1 aliphatic rings. The predicted octanol–water partition coefficient (Wildman–Crippen LogP) is 5.67. The number of rotatable bonds is 6. The van der Waals surface area contributed by atoms with Crippen molar-refractivity contribution in [2.45, 2.75) is 47.1 Å². The van der Waals surface area contributed by atoms with Gasteiger partial charge in [-0.3, -0.25) is 4.79 Å². The zero-order valence-electron chi connectivity index (χ0n) is 20.4. The second-order valence-corrected chi connectivity index (χ2v) is 9.25. The van der Waals surface area contributed by atoms with E-state index in [2.05, 4.69) is 85.8 Å². The Hall–Kier alpha value is -3.05. The van der Waals surface area contributed by atoms with Crippen molar-refractivity contribution in [3.05, 3.63) is 82.2 Å². The normalized spacial score (nSPS) is 14.1. The van der Waals surface area contributed by atoms with E-state index < -0.39 is 0 Å². The van der Waals surface area contributed by atoms with Crippen molar-refractivity contribution in [1.29, 1.82) is 0 Å². The minimum atomic E-state index is -0.0685. The van der Waals surface area contributed by atoms with E-state index in [9.17, 15) is 4.79 Å². The SMILES string of the molecule is Cc1ccccc1Cn1c(C)c(N2CCOCC2)c(C)c1C(=O)Nc1ccc(C(C)C)cc1. The van der Waals surface area contributed by atoms with Crippen LogP contribution in [0.3, 0.4) is 0 Å². The van der Waals surface area contributed by atoms with E-state index in [-0.39, 0.29) is 5.91 Å². The monoisotopic (exact) mass is 445 g/mol. The van der Waals surface area contributed by atoms with Crippen molar-refractivity contribution in [3.8, 4) is 0 Å². The molecule has 33 heavy (non-hydrogen) atoms. The molecule has 1 amide bonds. The summed E-state index contributed by atoms with van der Waals surface area (Å²) in [5.74, 6) is 0.392. The molecule has 3 aromatic rings. The number of hydrogen-bond donors (Lipinski definition) is 1. The van der Waals surface area contributed by atoms with E-state index in [1.54, 1.807) is 0 Å². The second kappa shape index (κ2) is 9.84. The first-order valence-corrected chi connectivity index (χ1v) is 11.8. The van der Waals surface area contributed by atoms with Crippen molar-refractivity contribution in [3.63, 3.8) is 0 Å². The largest absolute Gasteiger partial charge is 0.378 e. The lowest BCUT2D eigenvalue weighted by Gasteiger charge is -2.29. The molecule has 0 spiro atoms. The van der Waals surface area contributed by atoms with Gasteiger partial charge in [0.2, 0.25) is 0 Å². The van der Waals surface area contributed by atoms with Gasteiger partial charge in [-0.2, -0.15) is 0 Å². The summed E-state index contributed by atoms with van der Waals surface area (Å²) >= 11 is 0. The van der Waals surface area contributed by atoms with Gasteiger partial charge < -0.3 is 19.5 Å². The molecule has 0 bridgehead atoms. The van der Waals surface area contributed by atoms with Crippen LogP contribution in [0.4, 0.5) is 11.4 Å². The van der Waals surface area contributed by atoms with Crippen molar-refractivity contribution in [2.24, 2.45) is 0 Å². The van der Waals surface area contributed by atoms with E-state index in [0.717, 1.165) is 41.4 Å². The third-order valence-corrected chi connectivity index (χ3v) is 6.70. The van der Waals surface area contributed by atoms with Crippen molar-refractivity contribution >= 4 is 17.3 Å². The number of aromatic nitrogens is 1. The summed E-state index contributed by atoms with van der Waals surface area (Å²) in [6, 6.07) is 16.5. The van der Waals surface area contributed by atoms with E-state index in [0.29, 0.717) is 25.7 Å². The molecule has 2 aromatic carbocycles. The van der Waals surface area contributed by atoms with Gasteiger partial charge in [-0.1, -0.05) is 50.2 Å². The maximum Gasteiger partial charge on any atom is 0.272 e. The molecule has 0 unspecified atom stereocenters. The van der Waals surface area contributed by atoms with Crippen LogP contribution in [0.25, 0.3) is 0 Å². The van der Waals surface area contributed by atoms with Gasteiger partial charge in [0.05, 0.1) is 18.9 Å². The van der Waals surface area contributed by atoms with Crippen LogP contribution in [0.1, 0.15) is 58.2 Å². The van der Waals surface area contributed by atoms with Crippen LogP contribution in [0.5, 0.6) is 0 Å². The molecular formula is C28H35N3O2. The van der Waals surface area contributed by atoms with E-state index in [1.165, 1.54) is 16.7 Å². The maximum atomic E-state index is 13.6. The van der Waals surface area contributed by atoms with Crippen LogP contribution in [-0.2, 0) is 11.3 Å². The molecule has 4 rings (SSSR count). The van der Waals surface area contributed by atoms with Gasteiger partial charge in [-0.25, -0.2) is 0 Å². The maximum absolute atomic E-state index is 13.6. The summed E-state index contributed by atoms with van der Waals surface area (Å²) in [7, 11) is 0. The van der Waals surface area contributed by atoms with E-state index in [1.807, 2.05) is 12.1 Å². The number of nitrogens with zero attached hydrogens (tertiary/aromatic N) is 2. The van der Waals surface area contributed by atoms with Gasteiger partial charge in [0.25, 0.3) is 5.91 Å². The fraction of sp³-hybridized carbons (Fsp3) is 0.393. The van der Waals surface area contributed by atoms with Gasteiger partial charge in [0.1, 0.15) is 5.69 Å². The van der Waals surface area contributed by atoms with Crippen LogP contribution in [0.2, 0.25) is 0 Å². The Morgan fingerprint density at radius 2 is 1.67 bits per heavy atom. The van der Waals surface area contributed by atoms with Crippen molar-refractivity contribution in [2.75, 3.05) is 36.5 Å². The first-order valence-electron chi connectivity index (χ1n) is 11.8. The molecule has 0 aliphatic carbocycles. The van der Waals surface area contributed by atoms with Gasteiger partial charge in [0, 0.05) is 36.6 Å². The number of benzene rings is 2. The first-order chi connectivity index (χ1) is 15.9. The number of anilines is 2. The third kappa shape index (κ3) is 4.83. The standard InChI is InChI=1S/C28H35N3O2/c1-19(2)23-10-12-25(13-11-23)29-28(32)27-21(4)26(30-14-16-33-17-15-30)22(5)31(27)18-24-9-7-6-8-20(24)3/h6-13,19H,14-18H2,1-5H3,(H,29,32). The number of carbonyl (C=O) groups excluding carboxylic acids is 1. The predicted molar refractivity (Wildman–Crippen MR) is 136 cm³/mol. The highest BCUT2D eigenvalue weighted by Crippen LogP contribution is 2.33. The molecule has 1 N–H and O–H groups in total. The Morgan fingerprint density at radius 1 is 1.00 bits per heavy atom. The topological polar surface area (TPSA) is 46.5 Å². The molecule has 5 heteroatoms. The molecule has 0 saturated carbocycles. The summed E-state index contributed by atoms with van der Waals surface area (Å²) in [4.78, 5) is 16.0. The molecule has 174 valence electrons. The van der Waals surface area contributed by atoms with E-state index >= 15 is 0 Å². The Kier molecular flexibility index (Phi) is 6.89. The Balaban J connectivity index is 1.72. The highest BCUT2D eigenvalue weighted by Gasteiger charge is 2.27. The average molecular weight is 446 g/mol. The molecule has 5 nitrogen and oxygen atoms in total. The first kappa shape index (κ1) is 23.1. The van der Waals surface area contributed by atoms with Gasteiger partial charge in [0.15, 0.2) is 0 Å². The number of carbonyl (C=O) groups is 1. The number of aryl methyl sites for hydroxylation is 1. The summed E-state index contributed by atoms with van der Waals surface area (Å²) in [6.07, 6.45) is 0. The van der Waals surface area contributed by atoms with Crippen LogP contribution in [0, 0.1) is 20.8 Å². The molecule has 0 atom stereocenters. The van der Waals surface area contributed by atoms with Crippen molar-refractivity contribution in [1.82, 2.24) is 4.57 Å². The molecule has 1 aliphatic heterocycles.